The van der Waals surface area contributed by atoms with Gasteiger partial charge in [0.15, 0.2) is 5.58 Å². The molecule has 3 aromatic rings. The lowest BCUT2D eigenvalue weighted by Crippen LogP contribution is -1.97. The van der Waals surface area contributed by atoms with Crippen LogP contribution in [0.5, 0.6) is 0 Å². The highest BCUT2D eigenvalue weighted by Gasteiger charge is 2.15. The summed E-state index contributed by atoms with van der Waals surface area (Å²) in [6.45, 7) is 0. The van der Waals surface area contributed by atoms with Gasteiger partial charge in [0.05, 0.1) is 5.75 Å². The van der Waals surface area contributed by atoms with Gasteiger partial charge < -0.3 is 10.2 Å². The van der Waals surface area contributed by atoms with Gasteiger partial charge in [-0.2, -0.15) is 0 Å². The van der Waals surface area contributed by atoms with E-state index in [0.717, 1.165) is 5.56 Å². The average molecular weight is 341 g/mol. The number of nitrogens with two attached hydrogens (primary N) is 1. The van der Waals surface area contributed by atoms with Crippen LogP contribution in [0, 0.1) is 0 Å². The quantitative estimate of drug-likeness (QED) is 0.731. The highest BCUT2D eigenvalue weighted by Crippen LogP contribution is 2.25. The third-order valence-electron chi connectivity index (χ3n) is 2.89. The van der Waals surface area contributed by atoms with Gasteiger partial charge in [0.25, 0.3) is 5.22 Å². The van der Waals surface area contributed by atoms with Gasteiger partial charge in [-0.15, -0.1) is 0 Å². The molecule has 1 aromatic heterocycles. The maximum Gasteiger partial charge on any atom is 0.288 e. The first-order valence-corrected chi connectivity index (χ1v) is 8.09. The van der Waals surface area contributed by atoms with E-state index in [9.17, 15) is 4.21 Å². The smallest absolute Gasteiger partial charge is 0.288 e. The monoisotopic (exact) mass is 340 g/mol. The fourth-order valence-corrected chi connectivity index (χ4v) is 3.45. The standard InChI is InChI=1S/C14H10Cl2N2O2S/c15-9-2-1-8(11(16)5-9)7-21(19)14-18-12-4-3-10(17)6-13(12)20-14/h1-6H,7,17H2. The Labute approximate surface area is 133 Å². The van der Waals surface area contributed by atoms with Crippen molar-refractivity contribution in [1.29, 1.82) is 0 Å². The summed E-state index contributed by atoms with van der Waals surface area (Å²) < 4.78 is 17.8. The zero-order valence-corrected chi connectivity index (χ0v) is 13.0. The molecule has 0 aliphatic heterocycles. The lowest BCUT2D eigenvalue weighted by Gasteiger charge is -2.02. The summed E-state index contributed by atoms with van der Waals surface area (Å²) in [6.07, 6.45) is 0. The van der Waals surface area contributed by atoms with Crippen LogP contribution < -0.4 is 5.73 Å². The first kappa shape index (κ1) is 14.4. The van der Waals surface area contributed by atoms with Crippen molar-refractivity contribution in [3.63, 3.8) is 0 Å². The average Bonchev–Trinajstić information content (AvgIpc) is 2.85. The predicted molar refractivity (Wildman–Crippen MR) is 85.0 cm³/mol. The van der Waals surface area contributed by atoms with Crippen LogP contribution in [0.1, 0.15) is 5.56 Å². The minimum Gasteiger partial charge on any atom is -0.430 e. The molecule has 0 aliphatic rings. The van der Waals surface area contributed by atoms with Crippen LogP contribution >= 0.6 is 23.2 Å². The van der Waals surface area contributed by atoms with Gasteiger partial charge in [-0.1, -0.05) is 29.3 Å². The molecule has 0 fully saturated rings. The lowest BCUT2D eigenvalue weighted by atomic mass is 10.2. The summed E-state index contributed by atoms with van der Waals surface area (Å²) in [6, 6.07) is 10.1. The Kier molecular flexibility index (Phi) is 3.89. The van der Waals surface area contributed by atoms with Crippen molar-refractivity contribution in [2.45, 2.75) is 11.0 Å². The molecule has 1 atom stereocenters. The molecular formula is C14H10Cl2N2O2S. The van der Waals surface area contributed by atoms with Crippen LogP contribution in [0.4, 0.5) is 5.69 Å². The molecule has 0 radical (unpaired) electrons. The van der Waals surface area contributed by atoms with Crippen molar-refractivity contribution < 1.29 is 8.63 Å². The minimum absolute atomic E-state index is 0.154. The number of rotatable bonds is 3. The molecule has 1 heterocycles. The van der Waals surface area contributed by atoms with E-state index in [1.807, 2.05) is 0 Å². The Morgan fingerprint density at radius 1 is 1.19 bits per heavy atom. The Morgan fingerprint density at radius 3 is 2.76 bits per heavy atom. The molecule has 4 nitrogen and oxygen atoms in total. The number of aromatic nitrogens is 1. The molecule has 2 aromatic carbocycles. The van der Waals surface area contributed by atoms with E-state index in [-0.39, 0.29) is 11.0 Å². The van der Waals surface area contributed by atoms with Gasteiger partial charge in [-0.05, 0) is 29.8 Å². The highest BCUT2D eigenvalue weighted by molar-refractivity contribution is 7.84. The van der Waals surface area contributed by atoms with Crippen LogP contribution in [0.2, 0.25) is 10.0 Å². The van der Waals surface area contributed by atoms with Crippen LogP contribution in [0.15, 0.2) is 46.0 Å². The predicted octanol–water partition coefficient (Wildman–Crippen LogP) is 4.02. The summed E-state index contributed by atoms with van der Waals surface area (Å²) in [4.78, 5) is 4.21. The fourth-order valence-electron chi connectivity index (χ4n) is 1.86. The third-order valence-corrected chi connectivity index (χ3v) is 4.61. The summed E-state index contributed by atoms with van der Waals surface area (Å²) in [5.41, 5.74) is 8.10. The summed E-state index contributed by atoms with van der Waals surface area (Å²) >= 11 is 11.9. The van der Waals surface area contributed by atoms with E-state index >= 15 is 0 Å². The van der Waals surface area contributed by atoms with Gasteiger partial charge >= 0.3 is 0 Å². The zero-order valence-electron chi connectivity index (χ0n) is 10.7. The molecular weight excluding hydrogens is 331 g/mol. The highest BCUT2D eigenvalue weighted by atomic mass is 35.5. The summed E-state index contributed by atoms with van der Waals surface area (Å²) in [7, 11) is -1.44. The molecule has 0 saturated heterocycles. The van der Waals surface area contributed by atoms with Crippen LogP contribution in [-0.4, -0.2) is 9.19 Å². The number of hydrogen-bond donors (Lipinski definition) is 1. The van der Waals surface area contributed by atoms with Crippen molar-refractivity contribution in [2.24, 2.45) is 0 Å². The Balaban J connectivity index is 1.89. The van der Waals surface area contributed by atoms with E-state index in [0.29, 0.717) is 26.8 Å². The molecule has 2 N–H and O–H groups in total. The number of benzene rings is 2. The maximum absolute atomic E-state index is 12.3. The van der Waals surface area contributed by atoms with Crippen LogP contribution in [-0.2, 0) is 16.6 Å². The fraction of sp³-hybridized carbons (Fsp3) is 0.0714. The van der Waals surface area contributed by atoms with Crippen molar-refractivity contribution in [1.82, 2.24) is 4.98 Å². The second-order valence-corrected chi connectivity index (χ2v) is 6.61. The number of nitrogen functional groups attached to an aromatic ring is 1. The van der Waals surface area contributed by atoms with E-state index in [2.05, 4.69) is 4.98 Å². The molecule has 108 valence electrons. The van der Waals surface area contributed by atoms with Crippen molar-refractivity contribution >= 4 is 50.8 Å². The van der Waals surface area contributed by atoms with Gasteiger partial charge in [0.1, 0.15) is 16.3 Å². The Bertz CT molecular complexity index is 848. The van der Waals surface area contributed by atoms with Gasteiger partial charge in [0, 0.05) is 21.8 Å². The van der Waals surface area contributed by atoms with Gasteiger partial charge in [-0.25, -0.2) is 9.19 Å². The second-order valence-electron chi connectivity index (χ2n) is 4.43. The van der Waals surface area contributed by atoms with Crippen LogP contribution in [0.25, 0.3) is 11.1 Å². The molecule has 0 saturated carbocycles. The molecule has 0 bridgehead atoms. The first-order valence-electron chi connectivity index (χ1n) is 6.01. The Hall–Kier alpha value is -1.56. The Morgan fingerprint density at radius 2 is 2.00 bits per heavy atom. The van der Waals surface area contributed by atoms with Gasteiger partial charge in [0.2, 0.25) is 0 Å². The second kappa shape index (κ2) is 5.67. The number of hydrogen-bond acceptors (Lipinski definition) is 4. The molecule has 21 heavy (non-hydrogen) atoms. The number of fused-ring (bicyclic) bond motifs is 1. The van der Waals surface area contributed by atoms with E-state index in [1.165, 1.54) is 0 Å². The lowest BCUT2D eigenvalue weighted by molar-refractivity contribution is 0.477. The van der Waals surface area contributed by atoms with E-state index in [1.54, 1.807) is 36.4 Å². The van der Waals surface area contributed by atoms with Gasteiger partial charge in [-0.3, -0.25) is 0 Å². The number of oxazole rings is 1. The minimum atomic E-state index is -1.44. The third kappa shape index (κ3) is 3.05. The molecule has 0 spiro atoms. The molecule has 0 aliphatic carbocycles. The number of anilines is 1. The molecule has 3 rings (SSSR count). The molecule has 7 heteroatoms. The van der Waals surface area contributed by atoms with E-state index in [4.69, 9.17) is 33.4 Å². The number of halogens is 2. The van der Waals surface area contributed by atoms with Crippen molar-refractivity contribution in [3.05, 3.63) is 52.0 Å². The van der Waals surface area contributed by atoms with Crippen molar-refractivity contribution in [2.75, 3.05) is 5.73 Å². The zero-order chi connectivity index (χ0) is 15.0. The van der Waals surface area contributed by atoms with Crippen LogP contribution in [0.3, 0.4) is 0 Å². The largest absolute Gasteiger partial charge is 0.430 e. The first-order chi connectivity index (χ1) is 10.0. The topological polar surface area (TPSA) is 69.1 Å². The SMILES string of the molecule is Nc1ccc2nc(S(=O)Cc3ccc(Cl)cc3Cl)oc2c1. The number of nitrogens with zero attached hydrogens (tertiary/aromatic N) is 1. The molecule has 0 amide bonds. The van der Waals surface area contributed by atoms with E-state index < -0.39 is 10.8 Å². The normalized spacial score (nSPS) is 12.7. The maximum atomic E-state index is 12.3. The molecule has 1 unspecified atom stereocenters. The van der Waals surface area contributed by atoms with Crippen molar-refractivity contribution in [3.8, 4) is 0 Å². The summed E-state index contributed by atoms with van der Waals surface area (Å²) in [5, 5.41) is 1.16. The summed E-state index contributed by atoms with van der Waals surface area (Å²) in [5.74, 6) is 0.207.